The Kier molecular flexibility index (Phi) is 48.1. The van der Waals surface area contributed by atoms with E-state index in [1.54, 1.807) is 5.57 Å². The Bertz CT molecular complexity index is 751. The van der Waals surface area contributed by atoms with E-state index in [0.29, 0.717) is 0 Å². The summed E-state index contributed by atoms with van der Waals surface area (Å²) in [4.78, 5) is 0. The third kappa shape index (κ3) is 43.7. The zero-order chi connectivity index (χ0) is 35.6. The first kappa shape index (κ1) is 51.6. The van der Waals surface area contributed by atoms with Crippen molar-refractivity contribution in [2.45, 2.75) is 195 Å². The van der Waals surface area contributed by atoms with Crippen LogP contribution in [0.25, 0.3) is 0 Å². The Labute approximate surface area is 322 Å². The molecule has 5 heteroatoms. The van der Waals surface area contributed by atoms with E-state index >= 15 is 0 Å². The van der Waals surface area contributed by atoms with Gasteiger partial charge in [0.25, 0.3) is 0 Å². The molecule has 3 nitrogen and oxygen atoms in total. The molecule has 0 spiro atoms. The van der Waals surface area contributed by atoms with E-state index in [0.717, 1.165) is 44.3 Å². The van der Waals surface area contributed by atoms with Gasteiger partial charge < -0.3 is 14.8 Å². The minimum absolute atomic E-state index is 0. The van der Waals surface area contributed by atoms with Crippen LogP contribution < -0.4 is 5.32 Å². The van der Waals surface area contributed by atoms with Crippen molar-refractivity contribution in [3.8, 4) is 0 Å². The van der Waals surface area contributed by atoms with Gasteiger partial charge in [-0.05, 0) is 97.4 Å². The molecule has 0 aromatic rings. The van der Waals surface area contributed by atoms with Crippen molar-refractivity contribution in [1.82, 2.24) is 5.32 Å². The van der Waals surface area contributed by atoms with Crippen molar-refractivity contribution in [3.05, 3.63) is 48.1 Å². The van der Waals surface area contributed by atoms with E-state index in [1.165, 1.54) is 154 Å². The van der Waals surface area contributed by atoms with Crippen LogP contribution in [0.15, 0.2) is 48.1 Å². The molecule has 0 heterocycles. The SMILES string of the molecule is C.CCCCC/C=C\C/C=C(/C)CCCCCCCCOCC(CSSCCNC)OCCCCCCCC/C=C\CC/C=C\CCCCC. The van der Waals surface area contributed by atoms with Gasteiger partial charge in [0.05, 0.1) is 12.7 Å². The van der Waals surface area contributed by atoms with Crippen molar-refractivity contribution in [2.24, 2.45) is 0 Å². The summed E-state index contributed by atoms with van der Waals surface area (Å²) < 4.78 is 12.4. The number of hydrogen-bond acceptors (Lipinski definition) is 5. The van der Waals surface area contributed by atoms with Crippen LogP contribution in [-0.4, -0.2) is 51.0 Å². The van der Waals surface area contributed by atoms with E-state index in [2.05, 4.69) is 68.6 Å². The maximum Gasteiger partial charge on any atom is 0.0906 e. The normalized spacial score (nSPS) is 12.9. The molecule has 0 saturated carbocycles. The van der Waals surface area contributed by atoms with Crippen molar-refractivity contribution in [3.63, 3.8) is 0 Å². The van der Waals surface area contributed by atoms with Crippen LogP contribution in [-0.2, 0) is 9.47 Å². The molecule has 1 N–H and O–H groups in total. The molecular weight excluding hydrogens is 651 g/mol. The fraction of sp³-hybridized carbons (Fsp3) is 0.822. The second-order valence-corrected chi connectivity index (χ2v) is 16.5. The average molecular weight is 738 g/mol. The molecule has 0 aliphatic rings. The minimum Gasteiger partial charge on any atom is -0.379 e. The summed E-state index contributed by atoms with van der Waals surface area (Å²) in [6.07, 6.45) is 49.0. The van der Waals surface area contributed by atoms with Crippen molar-refractivity contribution in [2.75, 3.05) is 44.9 Å². The van der Waals surface area contributed by atoms with Crippen LogP contribution in [0, 0.1) is 0 Å². The summed E-state index contributed by atoms with van der Waals surface area (Å²) in [7, 11) is 5.90. The topological polar surface area (TPSA) is 30.5 Å². The number of unbranched alkanes of at least 4 members (excludes halogenated alkanes) is 18. The third-order valence-corrected chi connectivity index (χ3v) is 11.3. The van der Waals surface area contributed by atoms with Gasteiger partial charge in [-0.1, -0.05) is 168 Å². The van der Waals surface area contributed by atoms with E-state index in [1.807, 2.05) is 28.6 Å². The molecule has 0 rings (SSSR count). The molecule has 0 fully saturated rings. The summed E-state index contributed by atoms with van der Waals surface area (Å²) >= 11 is 0. The van der Waals surface area contributed by atoms with Gasteiger partial charge in [0.15, 0.2) is 0 Å². The molecule has 0 aliphatic carbocycles. The second-order valence-electron chi connectivity index (χ2n) is 13.8. The number of ether oxygens (including phenoxy) is 2. The highest BCUT2D eigenvalue weighted by atomic mass is 33.1. The molecule has 1 unspecified atom stereocenters. The van der Waals surface area contributed by atoms with Gasteiger partial charge in [-0.15, -0.1) is 0 Å². The molecule has 0 aromatic carbocycles. The Morgan fingerprint density at radius 3 is 1.74 bits per heavy atom. The summed E-state index contributed by atoms with van der Waals surface area (Å²) in [6, 6.07) is 0. The molecular formula is C45H87NO2S2. The van der Waals surface area contributed by atoms with E-state index in [-0.39, 0.29) is 13.5 Å². The van der Waals surface area contributed by atoms with Gasteiger partial charge in [0.1, 0.15) is 0 Å². The van der Waals surface area contributed by atoms with E-state index in [4.69, 9.17) is 9.47 Å². The van der Waals surface area contributed by atoms with Crippen LogP contribution in [0.3, 0.4) is 0 Å². The van der Waals surface area contributed by atoms with Crippen molar-refractivity contribution >= 4 is 21.6 Å². The van der Waals surface area contributed by atoms with Gasteiger partial charge >= 0.3 is 0 Å². The van der Waals surface area contributed by atoms with E-state index in [9.17, 15) is 0 Å². The van der Waals surface area contributed by atoms with Crippen LogP contribution >= 0.6 is 21.6 Å². The minimum atomic E-state index is 0. The monoisotopic (exact) mass is 738 g/mol. The predicted octanol–water partition coefficient (Wildman–Crippen LogP) is 15.0. The van der Waals surface area contributed by atoms with Crippen LogP contribution in [0.1, 0.15) is 189 Å². The standard InChI is InChI=1S/C44H83NO2S2.CH4/c1-5-7-9-11-13-14-15-16-17-18-19-20-21-22-25-30-34-39-47-44(42-49-48-40-37-45-4)41-46-38-33-29-26-24-28-32-36-43(3)35-31-27-23-12-10-8-6-2;/h13-14,17-18,23,27,35,44-45H,5-12,15-16,19-22,24-26,28-34,36-42H2,1-4H3;1H4/b14-13-,18-17-,27-23-,43-35-;. The Morgan fingerprint density at radius 1 is 0.600 bits per heavy atom. The maximum atomic E-state index is 6.32. The lowest BCUT2D eigenvalue weighted by molar-refractivity contribution is -0.00609. The van der Waals surface area contributed by atoms with Gasteiger partial charge in [0, 0.05) is 31.3 Å². The molecule has 0 bridgehead atoms. The van der Waals surface area contributed by atoms with Crippen molar-refractivity contribution < 1.29 is 9.47 Å². The van der Waals surface area contributed by atoms with Crippen molar-refractivity contribution in [1.29, 1.82) is 0 Å². The Hall–Kier alpha value is -0.460. The first-order chi connectivity index (χ1) is 24.2. The molecule has 0 amide bonds. The van der Waals surface area contributed by atoms with Gasteiger partial charge in [-0.25, -0.2) is 0 Å². The molecule has 296 valence electrons. The first-order valence-corrected chi connectivity index (χ1v) is 23.4. The van der Waals surface area contributed by atoms with Gasteiger partial charge in [0.2, 0.25) is 0 Å². The molecule has 1 atom stereocenters. The molecule has 0 aromatic heterocycles. The summed E-state index contributed by atoms with van der Waals surface area (Å²) in [6.45, 7) is 10.4. The lowest BCUT2D eigenvalue weighted by atomic mass is 10.1. The van der Waals surface area contributed by atoms with Crippen LogP contribution in [0.2, 0.25) is 0 Å². The quantitative estimate of drug-likeness (QED) is 0.0384. The first-order valence-electron chi connectivity index (χ1n) is 20.9. The highest BCUT2D eigenvalue weighted by Gasteiger charge is 2.10. The number of rotatable bonds is 40. The third-order valence-electron chi connectivity index (χ3n) is 8.86. The Balaban J connectivity index is 0. The number of allylic oxidation sites excluding steroid dienone is 8. The zero-order valence-electron chi connectivity index (χ0n) is 33.2. The fourth-order valence-electron chi connectivity index (χ4n) is 5.60. The predicted molar refractivity (Wildman–Crippen MR) is 234 cm³/mol. The zero-order valence-corrected chi connectivity index (χ0v) is 34.8. The maximum absolute atomic E-state index is 6.32. The highest BCUT2D eigenvalue weighted by molar-refractivity contribution is 8.76. The second kappa shape index (κ2) is 46.6. The van der Waals surface area contributed by atoms with Gasteiger partial charge in [-0.2, -0.15) is 0 Å². The summed E-state index contributed by atoms with van der Waals surface area (Å²) in [5, 5.41) is 3.23. The molecule has 0 aliphatic heterocycles. The van der Waals surface area contributed by atoms with Crippen LogP contribution in [0.4, 0.5) is 0 Å². The fourth-order valence-corrected chi connectivity index (χ4v) is 7.79. The largest absolute Gasteiger partial charge is 0.379 e. The molecule has 0 saturated heterocycles. The molecule has 50 heavy (non-hydrogen) atoms. The Morgan fingerprint density at radius 2 is 1.12 bits per heavy atom. The average Bonchev–Trinajstić information content (AvgIpc) is 3.11. The number of nitrogens with one attached hydrogen (secondary N) is 1. The lowest BCUT2D eigenvalue weighted by Gasteiger charge is -2.18. The van der Waals surface area contributed by atoms with Gasteiger partial charge in [-0.3, -0.25) is 0 Å². The lowest BCUT2D eigenvalue weighted by Crippen LogP contribution is -2.23. The summed E-state index contributed by atoms with van der Waals surface area (Å²) in [5.41, 5.74) is 1.56. The number of hydrogen-bond donors (Lipinski definition) is 1. The highest BCUT2D eigenvalue weighted by Crippen LogP contribution is 2.23. The van der Waals surface area contributed by atoms with Crippen LogP contribution in [0.5, 0.6) is 0 Å². The summed E-state index contributed by atoms with van der Waals surface area (Å²) in [5.74, 6) is 2.15. The van der Waals surface area contributed by atoms with E-state index < -0.39 is 0 Å². The smallest absolute Gasteiger partial charge is 0.0906 e. The molecule has 0 radical (unpaired) electrons.